The van der Waals surface area contributed by atoms with Gasteiger partial charge in [0, 0.05) is 6.07 Å². The normalized spacial score (nSPS) is 10.3. The van der Waals surface area contributed by atoms with E-state index in [-0.39, 0.29) is 6.61 Å². The van der Waals surface area contributed by atoms with E-state index in [4.69, 9.17) is 15.6 Å². The number of anilines is 1. The number of thioether (sulfide) groups is 1. The fraction of sp³-hybridized carbons (Fsp3) is 0.167. The first-order valence-electron chi connectivity index (χ1n) is 5.27. The molecule has 0 radical (unpaired) electrons. The summed E-state index contributed by atoms with van der Waals surface area (Å²) in [5.41, 5.74) is 6.48. The second-order valence-corrected chi connectivity index (χ2v) is 4.30. The monoisotopic (exact) mass is 263 g/mol. The molecular formula is C12H13N3O2S. The van der Waals surface area contributed by atoms with E-state index in [9.17, 15) is 0 Å². The SMILES string of the molecule is CSc1nc(N)cc(Oc2ccc(CO)cc2)n1. The van der Waals surface area contributed by atoms with Gasteiger partial charge < -0.3 is 15.6 Å². The van der Waals surface area contributed by atoms with Gasteiger partial charge in [-0.25, -0.2) is 4.98 Å². The maximum atomic E-state index is 8.94. The number of aliphatic hydroxyl groups excluding tert-OH is 1. The third-order valence-electron chi connectivity index (χ3n) is 2.21. The molecule has 0 unspecified atom stereocenters. The Balaban J connectivity index is 2.19. The summed E-state index contributed by atoms with van der Waals surface area (Å²) in [5.74, 6) is 1.41. The van der Waals surface area contributed by atoms with Crippen molar-refractivity contribution in [1.82, 2.24) is 9.97 Å². The minimum Gasteiger partial charge on any atom is -0.439 e. The fourth-order valence-corrected chi connectivity index (χ4v) is 1.73. The van der Waals surface area contributed by atoms with Crippen molar-refractivity contribution >= 4 is 17.6 Å². The molecule has 1 aromatic carbocycles. The van der Waals surface area contributed by atoms with Crippen molar-refractivity contribution < 1.29 is 9.84 Å². The molecule has 0 saturated heterocycles. The zero-order valence-corrected chi connectivity index (χ0v) is 10.6. The van der Waals surface area contributed by atoms with Crippen LogP contribution < -0.4 is 10.5 Å². The Morgan fingerprint density at radius 3 is 2.61 bits per heavy atom. The molecule has 2 rings (SSSR count). The lowest BCUT2D eigenvalue weighted by atomic mass is 10.2. The first-order chi connectivity index (χ1) is 8.71. The van der Waals surface area contributed by atoms with E-state index < -0.39 is 0 Å². The molecule has 0 spiro atoms. The van der Waals surface area contributed by atoms with Crippen LogP contribution in [0.3, 0.4) is 0 Å². The third-order valence-corrected chi connectivity index (χ3v) is 2.76. The van der Waals surface area contributed by atoms with E-state index in [1.165, 1.54) is 11.8 Å². The molecule has 0 bridgehead atoms. The van der Waals surface area contributed by atoms with Crippen molar-refractivity contribution in [3.63, 3.8) is 0 Å². The number of hydrogen-bond acceptors (Lipinski definition) is 6. The van der Waals surface area contributed by atoms with Gasteiger partial charge in [0.1, 0.15) is 11.6 Å². The van der Waals surface area contributed by atoms with Gasteiger partial charge in [-0.15, -0.1) is 0 Å². The van der Waals surface area contributed by atoms with Gasteiger partial charge in [-0.2, -0.15) is 4.98 Å². The molecule has 3 N–H and O–H groups in total. The Bertz CT molecular complexity index is 531. The highest BCUT2D eigenvalue weighted by atomic mass is 32.2. The summed E-state index contributed by atoms with van der Waals surface area (Å²) in [7, 11) is 0. The van der Waals surface area contributed by atoms with Crippen molar-refractivity contribution in [2.75, 3.05) is 12.0 Å². The second kappa shape index (κ2) is 5.70. The summed E-state index contributed by atoms with van der Waals surface area (Å²) in [6.45, 7) is 0.0113. The number of nitrogens with zero attached hydrogens (tertiary/aromatic N) is 2. The van der Waals surface area contributed by atoms with Crippen molar-refractivity contribution in [2.24, 2.45) is 0 Å². The number of rotatable bonds is 4. The quantitative estimate of drug-likeness (QED) is 0.649. The molecule has 1 aromatic heterocycles. The zero-order chi connectivity index (χ0) is 13.0. The van der Waals surface area contributed by atoms with Gasteiger partial charge in [-0.1, -0.05) is 23.9 Å². The summed E-state index contributed by atoms with van der Waals surface area (Å²) in [5, 5.41) is 9.51. The van der Waals surface area contributed by atoms with Gasteiger partial charge in [0.2, 0.25) is 5.88 Å². The predicted octanol–water partition coefficient (Wildman–Crippen LogP) is 2.07. The lowest BCUT2D eigenvalue weighted by molar-refractivity contribution is 0.281. The van der Waals surface area contributed by atoms with Gasteiger partial charge in [0.25, 0.3) is 0 Å². The average molecular weight is 263 g/mol. The molecule has 0 atom stereocenters. The number of aromatic nitrogens is 2. The predicted molar refractivity (Wildman–Crippen MR) is 70.7 cm³/mol. The highest BCUT2D eigenvalue weighted by Crippen LogP contribution is 2.23. The molecule has 1 heterocycles. The maximum Gasteiger partial charge on any atom is 0.225 e. The van der Waals surface area contributed by atoms with E-state index in [1.807, 2.05) is 6.26 Å². The molecule has 2 aromatic rings. The molecule has 0 aliphatic carbocycles. The number of nitrogen functional groups attached to an aromatic ring is 1. The highest BCUT2D eigenvalue weighted by molar-refractivity contribution is 7.98. The molecular weight excluding hydrogens is 250 g/mol. The lowest BCUT2D eigenvalue weighted by Gasteiger charge is -2.06. The van der Waals surface area contributed by atoms with Crippen LogP contribution in [0.4, 0.5) is 5.82 Å². The number of benzene rings is 1. The molecule has 0 saturated carbocycles. The van der Waals surface area contributed by atoms with Crippen molar-refractivity contribution in [3.05, 3.63) is 35.9 Å². The minimum atomic E-state index is 0.0113. The Morgan fingerprint density at radius 1 is 1.28 bits per heavy atom. The lowest BCUT2D eigenvalue weighted by Crippen LogP contribution is -1.97. The smallest absolute Gasteiger partial charge is 0.225 e. The van der Waals surface area contributed by atoms with Crippen LogP contribution in [0.2, 0.25) is 0 Å². The van der Waals surface area contributed by atoms with Crippen molar-refractivity contribution in [1.29, 1.82) is 0 Å². The van der Waals surface area contributed by atoms with Crippen LogP contribution in [0.25, 0.3) is 0 Å². The topological polar surface area (TPSA) is 81.3 Å². The van der Waals surface area contributed by atoms with Crippen LogP contribution in [0.5, 0.6) is 11.6 Å². The van der Waals surface area contributed by atoms with Crippen LogP contribution in [-0.4, -0.2) is 21.3 Å². The molecule has 0 aliphatic rings. The average Bonchev–Trinajstić information content (AvgIpc) is 2.39. The molecule has 18 heavy (non-hydrogen) atoms. The van der Waals surface area contributed by atoms with Gasteiger partial charge in [0.15, 0.2) is 5.16 Å². The van der Waals surface area contributed by atoms with E-state index in [0.29, 0.717) is 22.6 Å². The van der Waals surface area contributed by atoms with Gasteiger partial charge in [-0.05, 0) is 24.0 Å². The zero-order valence-electron chi connectivity index (χ0n) is 9.83. The number of aliphatic hydroxyl groups is 1. The standard InChI is InChI=1S/C12H13N3O2S/c1-18-12-14-10(13)6-11(15-12)17-9-4-2-8(7-16)3-5-9/h2-6,16H,7H2,1H3,(H2,13,14,15). The van der Waals surface area contributed by atoms with Crippen LogP contribution in [0.1, 0.15) is 5.56 Å². The minimum absolute atomic E-state index is 0.0113. The molecule has 0 fully saturated rings. The molecule has 5 nitrogen and oxygen atoms in total. The van der Waals surface area contributed by atoms with Crippen LogP contribution >= 0.6 is 11.8 Å². The molecule has 0 aliphatic heterocycles. The fourth-order valence-electron chi connectivity index (χ4n) is 1.35. The van der Waals surface area contributed by atoms with E-state index in [1.54, 1.807) is 30.3 Å². The van der Waals surface area contributed by atoms with Crippen molar-refractivity contribution in [3.8, 4) is 11.6 Å². The summed E-state index contributed by atoms with van der Waals surface area (Å²) in [6.07, 6.45) is 1.87. The molecule has 6 heteroatoms. The van der Waals surface area contributed by atoms with E-state index in [0.717, 1.165) is 5.56 Å². The van der Waals surface area contributed by atoms with Gasteiger partial charge in [0.05, 0.1) is 6.61 Å². The van der Waals surface area contributed by atoms with Crippen LogP contribution in [-0.2, 0) is 6.61 Å². The largest absolute Gasteiger partial charge is 0.439 e. The van der Waals surface area contributed by atoms with Crippen molar-refractivity contribution in [2.45, 2.75) is 11.8 Å². The number of nitrogens with two attached hydrogens (primary N) is 1. The number of ether oxygens (including phenoxy) is 1. The first-order valence-corrected chi connectivity index (χ1v) is 6.50. The Hall–Kier alpha value is -1.79. The maximum absolute atomic E-state index is 8.94. The summed E-state index contributed by atoms with van der Waals surface area (Å²) >= 11 is 1.40. The Kier molecular flexibility index (Phi) is 4.01. The number of hydrogen-bond donors (Lipinski definition) is 2. The summed E-state index contributed by atoms with van der Waals surface area (Å²) in [6, 6.07) is 8.68. The van der Waals surface area contributed by atoms with Gasteiger partial charge >= 0.3 is 0 Å². The first kappa shape index (κ1) is 12.7. The Morgan fingerprint density at radius 2 is 2.00 bits per heavy atom. The molecule has 0 amide bonds. The summed E-state index contributed by atoms with van der Waals surface area (Å²) in [4.78, 5) is 8.23. The van der Waals surface area contributed by atoms with E-state index in [2.05, 4.69) is 9.97 Å². The Labute approximate surface area is 109 Å². The van der Waals surface area contributed by atoms with Gasteiger partial charge in [-0.3, -0.25) is 0 Å². The second-order valence-electron chi connectivity index (χ2n) is 3.52. The molecule has 94 valence electrons. The summed E-state index contributed by atoms with van der Waals surface area (Å²) < 4.78 is 5.58. The third kappa shape index (κ3) is 3.12. The van der Waals surface area contributed by atoms with E-state index >= 15 is 0 Å². The highest BCUT2D eigenvalue weighted by Gasteiger charge is 2.04. The van der Waals surface area contributed by atoms with Crippen LogP contribution in [0, 0.1) is 0 Å². The van der Waals surface area contributed by atoms with Crippen LogP contribution in [0.15, 0.2) is 35.5 Å².